The number of morpholine rings is 1. The fraction of sp³-hybridized carbons (Fsp3) is 0.474. The number of benzene rings is 1. The SMILES string of the molecule is CCn1cc([C@@H]2CN(Cc3cccc(C(=O)N(C)C)c3)CCO2)cn1. The van der Waals surface area contributed by atoms with Crippen LogP contribution in [-0.2, 0) is 17.8 Å². The average Bonchev–Trinajstić information content (AvgIpc) is 3.11. The van der Waals surface area contributed by atoms with Crippen LogP contribution in [0.15, 0.2) is 36.7 Å². The fourth-order valence-electron chi connectivity index (χ4n) is 3.09. The molecule has 1 amide bonds. The molecule has 2 heterocycles. The minimum atomic E-state index is 0.0358. The summed E-state index contributed by atoms with van der Waals surface area (Å²) in [6, 6.07) is 7.89. The van der Waals surface area contributed by atoms with Crippen molar-refractivity contribution in [2.75, 3.05) is 33.8 Å². The molecular formula is C19H26N4O2. The van der Waals surface area contributed by atoms with Gasteiger partial charge >= 0.3 is 0 Å². The van der Waals surface area contributed by atoms with E-state index < -0.39 is 0 Å². The molecule has 1 aromatic carbocycles. The van der Waals surface area contributed by atoms with Gasteiger partial charge in [0.2, 0.25) is 0 Å². The first-order valence-corrected chi connectivity index (χ1v) is 8.73. The molecular weight excluding hydrogens is 316 g/mol. The molecule has 25 heavy (non-hydrogen) atoms. The van der Waals surface area contributed by atoms with Crippen LogP contribution in [0.25, 0.3) is 0 Å². The Labute approximate surface area is 149 Å². The van der Waals surface area contributed by atoms with Gasteiger partial charge < -0.3 is 9.64 Å². The van der Waals surface area contributed by atoms with Crippen LogP contribution in [0.2, 0.25) is 0 Å². The van der Waals surface area contributed by atoms with Crippen LogP contribution >= 0.6 is 0 Å². The summed E-state index contributed by atoms with van der Waals surface area (Å²) in [6.07, 6.45) is 4.01. The number of ether oxygens (including phenoxy) is 1. The first-order chi connectivity index (χ1) is 12.1. The Morgan fingerprint density at radius 1 is 1.40 bits per heavy atom. The van der Waals surface area contributed by atoms with Crippen LogP contribution in [0.3, 0.4) is 0 Å². The zero-order valence-electron chi connectivity index (χ0n) is 15.2. The molecule has 1 atom stereocenters. The number of rotatable bonds is 5. The van der Waals surface area contributed by atoms with Gasteiger partial charge in [0.15, 0.2) is 0 Å². The third kappa shape index (κ3) is 4.27. The van der Waals surface area contributed by atoms with Gasteiger partial charge in [0, 0.05) is 57.6 Å². The molecule has 0 bridgehead atoms. The lowest BCUT2D eigenvalue weighted by Crippen LogP contribution is -2.37. The third-order valence-corrected chi connectivity index (χ3v) is 4.49. The van der Waals surface area contributed by atoms with Crippen molar-refractivity contribution < 1.29 is 9.53 Å². The normalized spacial score (nSPS) is 18.3. The first-order valence-electron chi connectivity index (χ1n) is 8.73. The molecule has 0 spiro atoms. The third-order valence-electron chi connectivity index (χ3n) is 4.49. The van der Waals surface area contributed by atoms with Crippen molar-refractivity contribution in [2.24, 2.45) is 0 Å². The zero-order chi connectivity index (χ0) is 17.8. The van der Waals surface area contributed by atoms with Crippen molar-refractivity contribution in [2.45, 2.75) is 26.1 Å². The van der Waals surface area contributed by atoms with Crippen LogP contribution in [0, 0.1) is 0 Å². The quantitative estimate of drug-likeness (QED) is 0.836. The topological polar surface area (TPSA) is 50.6 Å². The highest BCUT2D eigenvalue weighted by Gasteiger charge is 2.23. The van der Waals surface area contributed by atoms with Crippen LogP contribution in [0.1, 0.15) is 34.5 Å². The van der Waals surface area contributed by atoms with Crippen LogP contribution < -0.4 is 0 Å². The van der Waals surface area contributed by atoms with Gasteiger partial charge in [-0.25, -0.2) is 0 Å². The van der Waals surface area contributed by atoms with Crippen molar-refractivity contribution in [3.05, 3.63) is 53.3 Å². The molecule has 134 valence electrons. The van der Waals surface area contributed by atoms with E-state index in [-0.39, 0.29) is 12.0 Å². The van der Waals surface area contributed by atoms with Crippen LogP contribution in [0.4, 0.5) is 0 Å². The maximum Gasteiger partial charge on any atom is 0.253 e. The molecule has 2 aromatic rings. The Bertz CT molecular complexity index is 726. The summed E-state index contributed by atoms with van der Waals surface area (Å²) in [7, 11) is 3.55. The molecule has 0 radical (unpaired) electrons. The highest BCUT2D eigenvalue weighted by molar-refractivity contribution is 5.94. The summed E-state index contributed by atoms with van der Waals surface area (Å²) < 4.78 is 7.85. The first kappa shape index (κ1) is 17.6. The summed E-state index contributed by atoms with van der Waals surface area (Å²) >= 11 is 0. The van der Waals surface area contributed by atoms with Crippen molar-refractivity contribution in [1.82, 2.24) is 19.6 Å². The second-order valence-corrected chi connectivity index (χ2v) is 6.62. The molecule has 1 aliphatic heterocycles. The van der Waals surface area contributed by atoms with E-state index in [2.05, 4.69) is 29.2 Å². The van der Waals surface area contributed by atoms with Crippen molar-refractivity contribution in [1.29, 1.82) is 0 Å². The summed E-state index contributed by atoms with van der Waals surface area (Å²) in [6.45, 7) is 6.19. The summed E-state index contributed by atoms with van der Waals surface area (Å²) in [5, 5.41) is 4.34. The van der Waals surface area contributed by atoms with Crippen LogP contribution in [-0.4, -0.2) is 59.3 Å². The lowest BCUT2D eigenvalue weighted by molar-refractivity contribution is -0.0329. The number of amides is 1. The number of hydrogen-bond donors (Lipinski definition) is 0. The fourth-order valence-corrected chi connectivity index (χ4v) is 3.09. The Morgan fingerprint density at radius 2 is 2.24 bits per heavy atom. The molecule has 0 N–H and O–H groups in total. The largest absolute Gasteiger partial charge is 0.371 e. The number of carbonyl (C=O) groups excluding carboxylic acids is 1. The lowest BCUT2D eigenvalue weighted by Gasteiger charge is -2.32. The van der Waals surface area contributed by atoms with E-state index in [1.165, 1.54) is 0 Å². The Hall–Kier alpha value is -2.18. The number of hydrogen-bond acceptors (Lipinski definition) is 4. The predicted octanol–water partition coefficient (Wildman–Crippen LogP) is 2.18. The maximum atomic E-state index is 12.1. The molecule has 1 saturated heterocycles. The Balaban J connectivity index is 1.66. The average molecular weight is 342 g/mol. The summed E-state index contributed by atoms with van der Waals surface area (Å²) in [5.41, 5.74) is 3.01. The summed E-state index contributed by atoms with van der Waals surface area (Å²) in [5.74, 6) is 0.0358. The standard InChI is InChI=1S/C19H26N4O2/c1-4-23-13-17(11-20-23)18-14-22(8-9-25-18)12-15-6-5-7-16(10-15)19(24)21(2)3/h5-7,10-11,13,18H,4,8-9,12,14H2,1-3H3/t18-/m0/s1. The monoisotopic (exact) mass is 342 g/mol. The van der Waals surface area contributed by atoms with Gasteiger partial charge in [-0.1, -0.05) is 12.1 Å². The number of nitrogens with zero attached hydrogens (tertiary/aromatic N) is 4. The molecule has 0 unspecified atom stereocenters. The maximum absolute atomic E-state index is 12.1. The molecule has 3 rings (SSSR count). The molecule has 1 fully saturated rings. The summed E-state index contributed by atoms with van der Waals surface area (Å²) in [4.78, 5) is 16.1. The minimum Gasteiger partial charge on any atom is -0.371 e. The van der Waals surface area contributed by atoms with Gasteiger partial charge in [-0.05, 0) is 24.6 Å². The van der Waals surface area contributed by atoms with Gasteiger partial charge in [0.25, 0.3) is 5.91 Å². The van der Waals surface area contributed by atoms with E-state index in [4.69, 9.17) is 4.74 Å². The van der Waals surface area contributed by atoms with Crippen molar-refractivity contribution in [3.8, 4) is 0 Å². The molecule has 0 aliphatic carbocycles. The van der Waals surface area contributed by atoms with Gasteiger partial charge in [-0.2, -0.15) is 5.10 Å². The smallest absolute Gasteiger partial charge is 0.253 e. The van der Waals surface area contributed by atoms with Gasteiger partial charge in [-0.3, -0.25) is 14.4 Å². The molecule has 6 heteroatoms. The van der Waals surface area contributed by atoms with E-state index in [0.717, 1.165) is 42.9 Å². The van der Waals surface area contributed by atoms with Gasteiger partial charge in [0.05, 0.1) is 18.9 Å². The lowest BCUT2D eigenvalue weighted by atomic mass is 10.1. The predicted molar refractivity (Wildman–Crippen MR) is 96.3 cm³/mol. The molecule has 0 saturated carbocycles. The molecule has 1 aliphatic rings. The van der Waals surface area contributed by atoms with E-state index in [1.807, 2.05) is 29.1 Å². The minimum absolute atomic E-state index is 0.0358. The number of aromatic nitrogens is 2. The number of aryl methyl sites for hydroxylation is 1. The number of carbonyl (C=O) groups is 1. The highest BCUT2D eigenvalue weighted by atomic mass is 16.5. The second kappa shape index (κ2) is 7.80. The van der Waals surface area contributed by atoms with Gasteiger partial charge in [-0.15, -0.1) is 0 Å². The Morgan fingerprint density at radius 3 is 2.96 bits per heavy atom. The van der Waals surface area contributed by atoms with Gasteiger partial charge in [0.1, 0.15) is 0 Å². The van der Waals surface area contributed by atoms with E-state index >= 15 is 0 Å². The van der Waals surface area contributed by atoms with E-state index in [0.29, 0.717) is 6.61 Å². The van der Waals surface area contributed by atoms with E-state index in [9.17, 15) is 4.79 Å². The zero-order valence-corrected chi connectivity index (χ0v) is 15.2. The van der Waals surface area contributed by atoms with Crippen molar-refractivity contribution in [3.63, 3.8) is 0 Å². The molecule has 1 aromatic heterocycles. The Kier molecular flexibility index (Phi) is 5.50. The molecule has 6 nitrogen and oxygen atoms in total. The second-order valence-electron chi connectivity index (χ2n) is 6.62. The van der Waals surface area contributed by atoms with Crippen LogP contribution in [0.5, 0.6) is 0 Å². The van der Waals surface area contributed by atoms with E-state index in [1.54, 1.807) is 19.0 Å². The highest BCUT2D eigenvalue weighted by Crippen LogP contribution is 2.23. The van der Waals surface area contributed by atoms with Crippen molar-refractivity contribution >= 4 is 5.91 Å².